The highest BCUT2D eigenvalue weighted by atomic mass is 79.9. The molecule has 2 aromatic rings. The second-order valence-electron chi connectivity index (χ2n) is 3.00. The van der Waals surface area contributed by atoms with Gasteiger partial charge in [0.25, 0.3) is 0 Å². The van der Waals surface area contributed by atoms with Gasteiger partial charge in [0.05, 0.1) is 5.52 Å². The lowest BCUT2D eigenvalue weighted by Gasteiger charge is -1.98. The third kappa shape index (κ3) is 1.14. The molecule has 0 bridgehead atoms. The SMILES string of the molecule is Cc1cc(C)c2cc(Br)nn2c1. The number of rotatable bonds is 0. The van der Waals surface area contributed by atoms with Crippen LogP contribution in [0.25, 0.3) is 5.52 Å². The van der Waals surface area contributed by atoms with Crippen LogP contribution in [0.4, 0.5) is 0 Å². The lowest BCUT2D eigenvalue weighted by molar-refractivity contribution is 0.933. The number of aromatic nitrogens is 2. The first-order valence-corrected chi connectivity index (χ1v) is 4.58. The zero-order chi connectivity index (χ0) is 8.72. The number of hydrogen-bond donors (Lipinski definition) is 0. The molecular weight excluding hydrogens is 216 g/mol. The summed E-state index contributed by atoms with van der Waals surface area (Å²) in [6.45, 7) is 4.17. The van der Waals surface area contributed by atoms with E-state index in [0.29, 0.717) is 0 Å². The Labute approximate surface area is 79.3 Å². The number of aryl methyl sites for hydroxylation is 2. The normalized spacial score (nSPS) is 10.9. The quantitative estimate of drug-likeness (QED) is 0.673. The summed E-state index contributed by atoms with van der Waals surface area (Å²) in [5.74, 6) is 0. The van der Waals surface area contributed by atoms with Gasteiger partial charge in [0.1, 0.15) is 4.60 Å². The van der Waals surface area contributed by atoms with Crippen molar-refractivity contribution in [1.82, 2.24) is 9.61 Å². The van der Waals surface area contributed by atoms with Crippen LogP contribution in [0.1, 0.15) is 11.1 Å². The number of nitrogens with zero attached hydrogens (tertiary/aromatic N) is 2. The average Bonchev–Trinajstić information content (AvgIpc) is 2.29. The van der Waals surface area contributed by atoms with E-state index >= 15 is 0 Å². The molecule has 0 amide bonds. The minimum atomic E-state index is 0.885. The molecule has 0 aliphatic carbocycles. The maximum absolute atomic E-state index is 4.27. The van der Waals surface area contributed by atoms with Gasteiger partial charge >= 0.3 is 0 Å². The molecular formula is C9H9BrN2. The molecule has 0 aliphatic rings. The highest BCUT2D eigenvalue weighted by Gasteiger charge is 2.01. The molecule has 12 heavy (non-hydrogen) atoms. The Morgan fingerprint density at radius 3 is 2.83 bits per heavy atom. The van der Waals surface area contributed by atoms with Gasteiger partial charge in [-0.25, -0.2) is 4.52 Å². The zero-order valence-electron chi connectivity index (χ0n) is 7.00. The Balaban J connectivity index is 2.88. The molecule has 0 fully saturated rings. The number of halogens is 1. The molecule has 2 nitrogen and oxygen atoms in total. The predicted octanol–water partition coefficient (Wildman–Crippen LogP) is 2.71. The molecule has 0 saturated carbocycles. The molecule has 2 heterocycles. The summed E-state index contributed by atoms with van der Waals surface area (Å²) >= 11 is 3.35. The van der Waals surface area contributed by atoms with Crippen LogP contribution >= 0.6 is 15.9 Å². The molecule has 3 heteroatoms. The third-order valence-electron chi connectivity index (χ3n) is 1.88. The van der Waals surface area contributed by atoms with Gasteiger partial charge in [-0.05, 0) is 47.0 Å². The average molecular weight is 225 g/mol. The Hall–Kier alpha value is -0.830. The van der Waals surface area contributed by atoms with Crippen LogP contribution in [0.3, 0.4) is 0 Å². The molecule has 2 aromatic heterocycles. The summed E-state index contributed by atoms with van der Waals surface area (Å²) in [4.78, 5) is 0. The van der Waals surface area contributed by atoms with Crippen molar-refractivity contribution in [3.05, 3.63) is 34.1 Å². The van der Waals surface area contributed by atoms with Gasteiger partial charge in [0.2, 0.25) is 0 Å². The van der Waals surface area contributed by atoms with Gasteiger partial charge in [0, 0.05) is 6.20 Å². The van der Waals surface area contributed by atoms with Crippen LogP contribution in [-0.4, -0.2) is 9.61 Å². The minimum Gasteiger partial charge on any atom is -0.239 e. The van der Waals surface area contributed by atoms with E-state index in [-0.39, 0.29) is 0 Å². The molecule has 0 spiro atoms. The largest absolute Gasteiger partial charge is 0.239 e. The number of pyridine rings is 1. The van der Waals surface area contributed by atoms with Crippen molar-refractivity contribution in [2.24, 2.45) is 0 Å². The zero-order valence-corrected chi connectivity index (χ0v) is 8.59. The summed E-state index contributed by atoms with van der Waals surface area (Å²) in [5.41, 5.74) is 3.65. The first kappa shape index (κ1) is 7.80. The minimum absolute atomic E-state index is 0.885. The van der Waals surface area contributed by atoms with Crippen LogP contribution in [0.15, 0.2) is 22.9 Å². The van der Waals surface area contributed by atoms with Gasteiger partial charge < -0.3 is 0 Å². The summed E-state index contributed by atoms with van der Waals surface area (Å²) in [6, 6.07) is 4.18. The third-order valence-corrected chi connectivity index (χ3v) is 2.27. The molecule has 62 valence electrons. The maximum atomic E-state index is 4.27. The van der Waals surface area contributed by atoms with Crippen molar-refractivity contribution in [2.75, 3.05) is 0 Å². The van der Waals surface area contributed by atoms with E-state index in [9.17, 15) is 0 Å². The molecule has 0 saturated heterocycles. The standard InChI is InChI=1S/C9H9BrN2/c1-6-3-7(2)8-4-9(10)11-12(8)5-6/h3-5H,1-2H3. The molecule has 0 unspecified atom stereocenters. The summed E-state index contributed by atoms with van der Waals surface area (Å²) in [7, 11) is 0. The second-order valence-corrected chi connectivity index (χ2v) is 3.81. The van der Waals surface area contributed by atoms with E-state index in [1.807, 2.05) is 16.8 Å². The lowest BCUT2D eigenvalue weighted by atomic mass is 10.2. The summed E-state index contributed by atoms with van der Waals surface area (Å²) < 4.78 is 2.78. The molecule has 0 atom stereocenters. The van der Waals surface area contributed by atoms with Crippen molar-refractivity contribution >= 4 is 21.4 Å². The molecule has 2 rings (SSSR count). The highest BCUT2D eigenvalue weighted by Crippen LogP contribution is 2.16. The summed E-state index contributed by atoms with van der Waals surface area (Å²) in [5, 5.41) is 4.27. The molecule has 0 N–H and O–H groups in total. The predicted molar refractivity (Wildman–Crippen MR) is 52.4 cm³/mol. The monoisotopic (exact) mass is 224 g/mol. The molecule has 0 aliphatic heterocycles. The Morgan fingerprint density at radius 2 is 2.08 bits per heavy atom. The molecule has 0 radical (unpaired) electrons. The van der Waals surface area contributed by atoms with Crippen molar-refractivity contribution in [2.45, 2.75) is 13.8 Å². The fourth-order valence-electron chi connectivity index (χ4n) is 1.40. The van der Waals surface area contributed by atoms with Gasteiger partial charge in [-0.1, -0.05) is 6.07 Å². The number of hydrogen-bond acceptors (Lipinski definition) is 1. The van der Waals surface area contributed by atoms with Crippen LogP contribution in [0.2, 0.25) is 0 Å². The first-order valence-electron chi connectivity index (χ1n) is 3.79. The smallest absolute Gasteiger partial charge is 0.129 e. The van der Waals surface area contributed by atoms with Crippen LogP contribution in [0.5, 0.6) is 0 Å². The Kier molecular flexibility index (Phi) is 1.68. The van der Waals surface area contributed by atoms with Gasteiger partial charge in [-0.3, -0.25) is 0 Å². The first-order chi connectivity index (χ1) is 5.66. The van der Waals surface area contributed by atoms with Crippen molar-refractivity contribution in [3.63, 3.8) is 0 Å². The van der Waals surface area contributed by atoms with Crippen molar-refractivity contribution in [3.8, 4) is 0 Å². The van der Waals surface area contributed by atoms with Crippen LogP contribution < -0.4 is 0 Å². The summed E-state index contributed by atoms with van der Waals surface area (Å²) in [6.07, 6.45) is 2.02. The van der Waals surface area contributed by atoms with Gasteiger partial charge in [-0.2, -0.15) is 5.10 Å². The van der Waals surface area contributed by atoms with E-state index in [1.54, 1.807) is 0 Å². The fourth-order valence-corrected chi connectivity index (χ4v) is 1.79. The van der Waals surface area contributed by atoms with Gasteiger partial charge in [-0.15, -0.1) is 0 Å². The van der Waals surface area contributed by atoms with Crippen molar-refractivity contribution in [1.29, 1.82) is 0 Å². The maximum Gasteiger partial charge on any atom is 0.129 e. The highest BCUT2D eigenvalue weighted by molar-refractivity contribution is 9.10. The fraction of sp³-hybridized carbons (Fsp3) is 0.222. The molecule has 0 aromatic carbocycles. The topological polar surface area (TPSA) is 17.3 Å². The second kappa shape index (κ2) is 2.59. The Bertz CT molecular complexity index is 431. The van der Waals surface area contributed by atoms with E-state index in [1.165, 1.54) is 11.1 Å². The van der Waals surface area contributed by atoms with Crippen LogP contribution in [-0.2, 0) is 0 Å². The Morgan fingerprint density at radius 1 is 1.33 bits per heavy atom. The van der Waals surface area contributed by atoms with Gasteiger partial charge in [0.15, 0.2) is 0 Å². The lowest BCUT2D eigenvalue weighted by Crippen LogP contribution is -1.90. The van der Waals surface area contributed by atoms with E-state index < -0.39 is 0 Å². The van der Waals surface area contributed by atoms with E-state index in [0.717, 1.165) is 10.1 Å². The number of fused-ring (bicyclic) bond motifs is 1. The van der Waals surface area contributed by atoms with E-state index in [2.05, 4.69) is 40.9 Å². The van der Waals surface area contributed by atoms with E-state index in [4.69, 9.17) is 0 Å². The van der Waals surface area contributed by atoms with Crippen molar-refractivity contribution < 1.29 is 0 Å². The van der Waals surface area contributed by atoms with Crippen LogP contribution in [0, 0.1) is 13.8 Å².